The fraction of sp³-hybridized carbons (Fsp3) is 0.395. The molecule has 302 valence electrons. The molecule has 5 rings (SSSR count). The van der Waals surface area contributed by atoms with Crippen LogP contribution < -0.4 is 37.6 Å². The lowest BCUT2D eigenvalue weighted by Crippen LogP contribution is -2.59. The molecule has 14 nitrogen and oxygen atoms in total. The summed E-state index contributed by atoms with van der Waals surface area (Å²) in [6.07, 6.45) is 2.45. The van der Waals surface area contributed by atoms with Crippen molar-refractivity contribution in [3.8, 4) is 0 Å². The van der Waals surface area contributed by atoms with Crippen LogP contribution in [0.1, 0.15) is 56.2 Å². The molecule has 2 unspecified atom stereocenters. The third-order valence-electron chi connectivity index (χ3n) is 9.94. The normalized spacial score (nSPS) is 21.9. The number of nitrogens with two attached hydrogens (primary N) is 1. The van der Waals surface area contributed by atoms with Gasteiger partial charge in [-0.25, -0.2) is 0 Å². The quantitative estimate of drug-likeness (QED) is 0.113. The highest BCUT2D eigenvalue weighted by molar-refractivity contribution is 5.96. The van der Waals surface area contributed by atoms with Crippen molar-refractivity contribution in [2.75, 3.05) is 13.1 Å². The first-order valence-electron chi connectivity index (χ1n) is 19.6. The fourth-order valence-corrected chi connectivity index (χ4v) is 7.04. The minimum absolute atomic E-state index is 0.0128. The first-order valence-corrected chi connectivity index (χ1v) is 19.6. The highest BCUT2D eigenvalue weighted by atomic mass is 16.2. The number of benzene rings is 3. The lowest BCUT2D eigenvalue weighted by molar-refractivity contribution is -0.134. The van der Waals surface area contributed by atoms with Gasteiger partial charge in [-0.1, -0.05) is 92.7 Å². The number of nitrogens with one attached hydrogen (secondary N) is 7. The second kappa shape index (κ2) is 20.8. The van der Waals surface area contributed by atoms with Crippen molar-refractivity contribution in [2.45, 2.75) is 89.0 Å². The Morgan fingerprint density at radius 1 is 0.684 bits per heavy atom. The zero-order valence-electron chi connectivity index (χ0n) is 32.5. The van der Waals surface area contributed by atoms with Crippen LogP contribution in [0.2, 0.25) is 0 Å². The summed E-state index contributed by atoms with van der Waals surface area (Å²) in [5.41, 5.74) is 8.74. The number of para-hydroxylation sites is 1. The van der Waals surface area contributed by atoms with Crippen LogP contribution in [-0.2, 0) is 48.0 Å². The van der Waals surface area contributed by atoms with Gasteiger partial charge in [-0.05, 0) is 47.9 Å². The number of carbonyl (C=O) groups is 6. The van der Waals surface area contributed by atoms with Gasteiger partial charge in [0.05, 0.1) is 6.04 Å². The molecular formula is C43H54N8O6. The van der Waals surface area contributed by atoms with E-state index in [1.807, 2.05) is 98.8 Å². The van der Waals surface area contributed by atoms with Crippen LogP contribution >= 0.6 is 0 Å². The number of rotatable bonds is 11. The predicted molar refractivity (Wildman–Crippen MR) is 217 cm³/mol. The Morgan fingerprint density at radius 2 is 1.25 bits per heavy atom. The average Bonchev–Trinajstić information content (AvgIpc) is 3.59. The zero-order chi connectivity index (χ0) is 40.7. The van der Waals surface area contributed by atoms with E-state index in [0.717, 1.165) is 27.6 Å². The summed E-state index contributed by atoms with van der Waals surface area (Å²) < 4.78 is 0. The Balaban J connectivity index is 1.51. The lowest BCUT2D eigenvalue weighted by Gasteiger charge is -2.27. The summed E-state index contributed by atoms with van der Waals surface area (Å²) in [5, 5.41) is 18.6. The maximum Gasteiger partial charge on any atom is 0.243 e. The van der Waals surface area contributed by atoms with E-state index >= 15 is 0 Å². The fourth-order valence-electron chi connectivity index (χ4n) is 7.04. The molecule has 14 heteroatoms. The molecule has 1 saturated heterocycles. The Labute approximate surface area is 332 Å². The Bertz CT molecular complexity index is 1980. The number of amides is 6. The van der Waals surface area contributed by atoms with Crippen LogP contribution in [0.3, 0.4) is 0 Å². The molecule has 0 radical (unpaired) electrons. The summed E-state index contributed by atoms with van der Waals surface area (Å²) in [7, 11) is 0. The monoisotopic (exact) mass is 778 g/mol. The Morgan fingerprint density at radius 3 is 1.89 bits per heavy atom. The number of hydrogen-bond acceptors (Lipinski definition) is 7. The van der Waals surface area contributed by atoms with Gasteiger partial charge >= 0.3 is 0 Å². The van der Waals surface area contributed by atoms with Gasteiger partial charge in [0, 0.05) is 61.9 Å². The van der Waals surface area contributed by atoms with E-state index in [0.29, 0.717) is 6.42 Å². The predicted octanol–water partition coefficient (Wildman–Crippen LogP) is 1.92. The van der Waals surface area contributed by atoms with Crippen molar-refractivity contribution in [1.29, 1.82) is 0 Å². The zero-order valence-corrected chi connectivity index (χ0v) is 32.5. The molecule has 4 aromatic rings. The van der Waals surface area contributed by atoms with Crippen LogP contribution in [0, 0.1) is 5.92 Å². The van der Waals surface area contributed by atoms with E-state index in [1.54, 1.807) is 6.20 Å². The molecule has 2 heterocycles. The molecule has 6 amide bonds. The minimum atomic E-state index is -1.25. The largest absolute Gasteiger partial charge is 0.370 e. The van der Waals surface area contributed by atoms with Crippen molar-refractivity contribution >= 4 is 46.3 Å². The third-order valence-corrected chi connectivity index (χ3v) is 9.94. The number of aromatic nitrogens is 1. The van der Waals surface area contributed by atoms with Gasteiger partial charge in [-0.3, -0.25) is 28.8 Å². The van der Waals surface area contributed by atoms with Gasteiger partial charge < -0.3 is 42.6 Å². The van der Waals surface area contributed by atoms with Crippen molar-refractivity contribution in [3.63, 3.8) is 0 Å². The van der Waals surface area contributed by atoms with E-state index in [9.17, 15) is 28.8 Å². The van der Waals surface area contributed by atoms with E-state index < -0.39 is 53.7 Å². The molecular weight excluding hydrogens is 725 g/mol. The summed E-state index contributed by atoms with van der Waals surface area (Å²) in [5.74, 6) is -3.08. The molecule has 1 aromatic heterocycles. The van der Waals surface area contributed by atoms with E-state index in [-0.39, 0.29) is 69.5 Å². The van der Waals surface area contributed by atoms with Crippen LogP contribution in [0.4, 0.5) is 0 Å². The summed E-state index contributed by atoms with van der Waals surface area (Å²) in [4.78, 5) is 85.0. The SMILES string of the molecule is CC(C)CC1CNC(Cc2ccccc2)C(=O)N[C@@H](CCC(N)=O)C(=O)N[C@@H](Cc2c[nH]c3ccccc23)C(=O)N[C@@H](Cc2ccccc2)C(=O)NCCC(=O)N1. The van der Waals surface area contributed by atoms with Crippen LogP contribution in [0.5, 0.6) is 0 Å². The van der Waals surface area contributed by atoms with Gasteiger partial charge in [-0.15, -0.1) is 0 Å². The first kappa shape index (κ1) is 42.1. The molecule has 1 aliphatic heterocycles. The van der Waals surface area contributed by atoms with Crippen molar-refractivity contribution < 1.29 is 28.8 Å². The molecule has 9 N–H and O–H groups in total. The molecule has 1 fully saturated rings. The maximum atomic E-state index is 14.3. The average molecular weight is 779 g/mol. The van der Waals surface area contributed by atoms with Gasteiger partial charge in [0.15, 0.2) is 0 Å². The topological polar surface area (TPSA) is 216 Å². The van der Waals surface area contributed by atoms with E-state index in [4.69, 9.17) is 5.73 Å². The number of H-pyrrole nitrogens is 1. The molecule has 0 spiro atoms. The Hall–Kier alpha value is -6.02. The van der Waals surface area contributed by atoms with E-state index in [2.05, 4.69) is 36.9 Å². The molecule has 3 aromatic carbocycles. The van der Waals surface area contributed by atoms with Crippen molar-refractivity contribution in [3.05, 3.63) is 108 Å². The molecule has 5 atom stereocenters. The Kier molecular flexibility index (Phi) is 15.4. The van der Waals surface area contributed by atoms with Gasteiger partial charge in [0.2, 0.25) is 35.4 Å². The van der Waals surface area contributed by atoms with Gasteiger partial charge in [0.25, 0.3) is 0 Å². The summed E-state index contributed by atoms with van der Waals surface area (Å²) in [6.45, 7) is 4.32. The number of fused-ring (bicyclic) bond motifs is 1. The number of carbonyl (C=O) groups excluding carboxylic acids is 6. The maximum absolute atomic E-state index is 14.3. The molecule has 0 bridgehead atoms. The number of primary amides is 1. The van der Waals surface area contributed by atoms with Crippen molar-refractivity contribution in [2.24, 2.45) is 11.7 Å². The van der Waals surface area contributed by atoms with Crippen LogP contribution in [0.25, 0.3) is 10.9 Å². The second-order valence-electron chi connectivity index (χ2n) is 15.0. The highest BCUT2D eigenvalue weighted by Gasteiger charge is 2.32. The molecule has 0 aliphatic carbocycles. The number of aromatic amines is 1. The van der Waals surface area contributed by atoms with Crippen LogP contribution in [-0.4, -0.2) is 83.7 Å². The first-order chi connectivity index (χ1) is 27.4. The van der Waals surface area contributed by atoms with Gasteiger partial charge in [0.1, 0.15) is 18.1 Å². The highest BCUT2D eigenvalue weighted by Crippen LogP contribution is 2.20. The molecule has 0 saturated carbocycles. The molecule has 57 heavy (non-hydrogen) atoms. The van der Waals surface area contributed by atoms with Gasteiger partial charge in [-0.2, -0.15) is 0 Å². The second-order valence-corrected chi connectivity index (χ2v) is 15.0. The number of hydrogen-bond donors (Lipinski definition) is 8. The van der Waals surface area contributed by atoms with Crippen LogP contribution in [0.15, 0.2) is 91.1 Å². The third kappa shape index (κ3) is 13.0. The van der Waals surface area contributed by atoms with E-state index in [1.165, 1.54) is 0 Å². The lowest BCUT2D eigenvalue weighted by atomic mass is 10.0. The standard InChI is InChI=1S/C43H54N8O6/c1-27(2)21-31-26-47-35(22-28-11-5-3-6-12-28)42(56)49-34(17-18-38(44)52)41(55)51-37(24-30-25-46-33-16-10-9-15-32(30)33)43(57)50-36(23-29-13-7-4-8-14-29)40(54)45-20-19-39(53)48-31/h3-16,25,27,31,34-37,46-47H,17-24,26H2,1-2H3,(H2,44,52)(H,45,54)(H,48,53)(H,49,56)(H,50,57)(H,51,55)/t31?,34-,35?,36-,37-/m0/s1. The van der Waals surface area contributed by atoms with Crippen molar-refractivity contribution in [1.82, 2.24) is 36.9 Å². The summed E-state index contributed by atoms with van der Waals surface area (Å²) >= 11 is 0. The minimum Gasteiger partial charge on any atom is -0.370 e. The smallest absolute Gasteiger partial charge is 0.243 e. The summed E-state index contributed by atoms with van der Waals surface area (Å²) in [6, 6.07) is 21.4. The molecule has 1 aliphatic rings.